The molecule has 1 amide bonds. The Labute approximate surface area is 196 Å². The Morgan fingerprint density at radius 2 is 1.97 bits per heavy atom. The average Bonchev–Trinajstić information content (AvgIpc) is 3.03. The molecule has 2 aliphatic rings. The maximum atomic E-state index is 13.5. The third kappa shape index (κ3) is 6.45. The van der Waals surface area contributed by atoms with Crippen molar-refractivity contribution < 1.29 is 19.0 Å². The minimum absolute atomic E-state index is 0.0395. The van der Waals surface area contributed by atoms with Gasteiger partial charge >= 0.3 is 0 Å². The van der Waals surface area contributed by atoms with E-state index >= 15 is 0 Å². The molecule has 2 aliphatic heterocycles. The van der Waals surface area contributed by atoms with Gasteiger partial charge in [-0.3, -0.25) is 14.7 Å². The van der Waals surface area contributed by atoms with Crippen molar-refractivity contribution in [1.29, 1.82) is 0 Å². The van der Waals surface area contributed by atoms with Crippen molar-refractivity contribution in [3.63, 3.8) is 0 Å². The van der Waals surface area contributed by atoms with E-state index in [2.05, 4.69) is 23.7 Å². The monoisotopic (exact) mass is 453 g/mol. The van der Waals surface area contributed by atoms with Gasteiger partial charge in [0.25, 0.3) is 5.91 Å². The number of fused-ring (bicyclic) bond motifs is 1. The number of pyridine rings is 1. The minimum Gasteiger partial charge on any atom is -0.490 e. The van der Waals surface area contributed by atoms with Gasteiger partial charge in [0.2, 0.25) is 0 Å². The van der Waals surface area contributed by atoms with Crippen molar-refractivity contribution in [2.75, 3.05) is 39.5 Å². The predicted molar refractivity (Wildman–Crippen MR) is 126 cm³/mol. The van der Waals surface area contributed by atoms with Crippen LogP contribution in [0.1, 0.15) is 37.2 Å². The van der Waals surface area contributed by atoms with Crippen molar-refractivity contribution >= 4 is 5.91 Å². The van der Waals surface area contributed by atoms with Gasteiger partial charge in [-0.05, 0) is 42.7 Å². The lowest BCUT2D eigenvalue weighted by Gasteiger charge is -2.35. The molecule has 0 bridgehead atoms. The molecule has 2 aromatic rings. The molecule has 1 aromatic heterocycles. The molecular formula is C26H35N3O4. The van der Waals surface area contributed by atoms with E-state index in [9.17, 15) is 4.79 Å². The highest BCUT2D eigenvalue weighted by Gasteiger charge is 2.31. The zero-order chi connectivity index (χ0) is 23.2. The molecule has 4 rings (SSSR count). The average molecular weight is 454 g/mol. The van der Waals surface area contributed by atoms with Crippen LogP contribution in [0, 0.1) is 12.8 Å². The molecule has 1 fully saturated rings. The molecule has 0 spiro atoms. The number of hydrogen-bond acceptors (Lipinski definition) is 6. The molecule has 1 atom stereocenters. The topological polar surface area (TPSA) is 64.1 Å². The van der Waals surface area contributed by atoms with Gasteiger partial charge in [-0.1, -0.05) is 26.0 Å². The smallest absolute Gasteiger partial charge is 0.253 e. The Kier molecular flexibility index (Phi) is 7.83. The van der Waals surface area contributed by atoms with Crippen LogP contribution in [-0.2, 0) is 22.6 Å². The Morgan fingerprint density at radius 3 is 2.76 bits per heavy atom. The Morgan fingerprint density at radius 1 is 1.15 bits per heavy atom. The van der Waals surface area contributed by atoms with Gasteiger partial charge in [-0.2, -0.15) is 0 Å². The zero-order valence-corrected chi connectivity index (χ0v) is 20.0. The molecule has 0 radical (unpaired) electrons. The summed E-state index contributed by atoms with van der Waals surface area (Å²) in [4.78, 5) is 22.3. The molecule has 178 valence electrons. The number of aryl methyl sites for hydroxylation is 1. The first-order valence-corrected chi connectivity index (χ1v) is 11.9. The Hall–Kier alpha value is -2.64. The summed E-state index contributed by atoms with van der Waals surface area (Å²) in [6.45, 7) is 11.4. The number of nitrogens with zero attached hydrogens (tertiary/aromatic N) is 3. The van der Waals surface area contributed by atoms with E-state index in [1.54, 1.807) is 0 Å². The fraction of sp³-hybridized carbons (Fsp3) is 0.538. The summed E-state index contributed by atoms with van der Waals surface area (Å²) >= 11 is 0. The van der Waals surface area contributed by atoms with Gasteiger partial charge in [-0.15, -0.1) is 0 Å². The van der Waals surface area contributed by atoms with Gasteiger partial charge in [0, 0.05) is 44.8 Å². The van der Waals surface area contributed by atoms with Crippen LogP contribution in [0.4, 0.5) is 0 Å². The first-order chi connectivity index (χ1) is 16.0. The maximum absolute atomic E-state index is 13.5. The van der Waals surface area contributed by atoms with E-state index in [0.717, 1.165) is 48.0 Å². The van der Waals surface area contributed by atoms with E-state index in [-0.39, 0.29) is 5.91 Å². The number of rotatable bonds is 7. The Balaban J connectivity index is 1.44. The quantitative estimate of drug-likeness (QED) is 0.640. The molecule has 33 heavy (non-hydrogen) atoms. The van der Waals surface area contributed by atoms with E-state index in [1.807, 2.05) is 48.2 Å². The second-order valence-electron chi connectivity index (χ2n) is 9.31. The second-order valence-corrected chi connectivity index (χ2v) is 9.31. The summed E-state index contributed by atoms with van der Waals surface area (Å²) < 4.78 is 17.5. The summed E-state index contributed by atoms with van der Waals surface area (Å²) in [5, 5.41) is 0. The fourth-order valence-electron chi connectivity index (χ4n) is 4.32. The number of benzene rings is 1. The first kappa shape index (κ1) is 23.5. The van der Waals surface area contributed by atoms with Crippen molar-refractivity contribution in [3.8, 4) is 11.5 Å². The molecule has 3 heterocycles. The number of aromatic nitrogens is 1. The third-order valence-electron chi connectivity index (χ3n) is 5.84. The highest BCUT2D eigenvalue weighted by molar-refractivity contribution is 5.81. The van der Waals surface area contributed by atoms with E-state index in [1.165, 1.54) is 0 Å². The molecule has 1 saturated heterocycles. The number of carbonyl (C=O) groups is 1. The zero-order valence-electron chi connectivity index (χ0n) is 20.0. The molecular weight excluding hydrogens is 418 g/mol. The largest absolute Gasteiger partial charge is 0.490 e. The lowest BCUT2D eigenvalue weighted by Crippen LogP contribution is -2.51. The summed E-state index contributed by atoms with van der Waals surface area (Å²) in [5.41, 5.74) is 3.06. The number of amides is 1. The van der Waals surface area contributed by atoms with Crippen molar-refractivity contribution in [1.82, 2.24) is 14.8 Å². The van der Waals surface area contributed by atoms with Crippen LogP contribution in [0.3, 0.4) is 0 Å². The van der Waals surface area contributed by atoms with Gasteiger partial charge < -0.3 is 19.1 Å². The van der Waals surface area contributed by atoms with Crippen molar-refractivity contribution in [2.45, 2.75) is 46.4 Å². The molecule has 7 heteroatoms. The second kappa shape index (κ2) is 11.0. The van der Waals surface area contributed by atoms with Crippen LogP contribution in [0.5, 0.6) is 11.5 Å². The van der Waals surface area contributed by atoms with Crippen LogP contribution in [0.15, 0.2) is 36.4 Å². The van der Waals surface area contributed by atoms with Crippen LogP contribution in [0.25, 0.3) is 0 Å². The molecule has 1 aromatic carbocycles. The fourth-order valence-corrected chi connectivity index (χ4v) is 4.32. The minimum atomic E-state index is -0.470. The molecule has 1 unspecified atom stereocenters. The van der Waals surface area contributed by atoms with Gasteiger partial charge in [-0.25, -0.2) is 0 Å². The van der Waals surface area contributed by atoms with Crippen LogP contribution < -0.4 is 9.47 Å². The van der Waals surface area contributed by atoms with Crippen molar-refractivity contribution in [3.05, 3.63) is 53.3 Å². The van der Waals surface area contributed by atoms with Crippen LogP contribution in [0.2, 0.25) is 0 Å². The Bertz CT molecular complexity index is 949. The van der Waals surface area contributed by atoms with Crippen LogP contribution >= 0.6 is 0 Å². The lowest BCUT2D eigenvalue weighted by atomic mass is 10.1. The highest BCUT2D eigenvalue weighted by Crippen LogP contribution is 2.31. The molecule has 0 saturated carbocycles. The maximum Gasteiger partial charge on any atom is 0.253 e. The van der Waals surface area contributed by atoms with Gasteiger partial charge in [0.05, 0.1) is 25.5 Å². The molecule has 7 nitrogen and oxygen atoms in total. The summed E-state index contributed by atoms with van der Waals surface area (Å²) in [5.74, 6) is 1.92. The summed E-state index contributed by atoms with van der Waals surface area (Å²) in [7, 11) is 0. The first-order valence-electron chi connectivity index (χ1n) is 11.9. The van der Waals surface area contributed by atoms with Crippen molar-refractivity contribution in [2.24, 2.45) is 5.92 Å². The van der Waals surface area contributed by atoms with Gasteiger partial charge in [0.1, 0.15) is 6.10 Å². The number of carbonyl (C=O) groups excluding carboxylic acids is 1. The number of hydrogen-bond donors (Lipinski definition) is 0. The summed E-state index contributed by atoms with van der Waals surface area (Å²) in [6, 6.07) is 12.0. The molecule has 0 aliphatic carbocycles. The third-order valence-corrected chi connectivity index (χ3v) is 5.84. The number of ether oxygens (including phenoxy) is 3. The normalized spacial score (nSPS) is 18.7. The van der Waals surface area contributed by atoms with E-state index in [4.69, 9.17) is 14.2 Å². The lowest BCUT2D eigenvalue weighted by molar-refractivity contribution is -0.151. The van der Waals surface area contributed by atoms with Crippen LogP contribution in [-0.4, -0.2) is 66.2 Å². The summed E-state index contributed by atoms with van der Waals surface area (Å²) in [6.07, 6.45) is 0.401. The van der Waals surface area contributed by atoms with Gasteiger partial charge in [0.15, 0.2) is 11.5 Å². The predicted octanol–water partition coefficient (Wildman–Crippen LogP) is 3.44. The number of morpholine rings is 1. The van der Waals surface area contributed by atoms with E-state index in [0.29, 0.717) is 45.4 Å². The standard InChI is InChI=1S/C26H35N3O4/c1-19(2)15-29(16-21-8-9-23-24(14-21)32-12-5-11-31-23)26(30)25-18-28(10-13-33-25)17-22-7-4-6-20(3)27-22/h4,6-9,14,19,25H,5,10-13,15-18H2,1-3H3. The highest BCUT2D eigenvalue weighted by atomic mass is 16.5. The molecule has 0 N–H and O–H groups in total. The SMILES string of the molecule is Cc1cccc(CN2CCOC(C(=O)N(Cc3ccc4c(c3)OCCCO4)CC(C)C)C2)n1. The van der Waals surface area contributed by atoms with E-state index < -0.39 is 6.10 Å².